The number of hydrogen-bond acceptors (Lipinski definition) is 4. The van der Waals surface area contributed by atoms with Gasteiger partial charge in [0.15, 0.2) is 0 Å². The molecule has 0 amide bonds. The summed E-state index contributed by atoms with van der Waals surface area (Å²) in [5.74, 6) is 0.642. The van der Waals surface area contributed by atoms with Crippen molar-refractivity contribution in [1.29, 1.82) is 0 Å². The molecule has 0 saturated carbocycles. The van der Waals surface area contributed by atoms with Crippen LogP contribution in [0.4, 0.5) is 0 Å². The number of benzene rings is 2. The van der Waals surface area contributed by atoms with Gasteiger partial charge in [-0.2, -0.15) is 4.80 Å². The molecule has 2 aromatic carbocycles. The summed E-state index contributed by atoms with van der Waals surface area (Å²) in [6.07, 6.45) is 2.07. The Labute approximate surface area is 135 Å². The van der Waals surface area contributed by atoms with Gasteiger partial charge in [-0.05, 0) is 53.4 Å². The third kappa shape index (κ3) is 3.51. The minimum absolute atomic E-state index is 0.623. The number of rotatable bonds is 4. The van der Waals surface area contributed by atoms with Gasteiger partial charge in [-0.25, -0.2) is 0 Å². The SMILES string of the molecule is CSc1ccc(Cn2nnc(-c3ccc(Br)cc3)n2)cc1. The topological polar surface area (TPSA) is 43.6 Å². The van der Waals surface area contributed by atoms with Crippen molar-refractivity contribution in [3.63, 3.8) is 0 Å². The fourth-order valence-electron chi connectivity index (χ4n) is 1.92. The first-order valence-corrected chi connectivity index (χ1v) is 8.43. The average molecular weight is 361 g/mol. The fraction of sp³-hybridized carbons (Fsp3) is 0.133. The highest BCUT2D eigenvalue weighted by molar-refractivity contribution is 9.10. The van der Waals surface area contributed by atoms with Crippen molar-refractivity contribution in [3.8, 4) is 11.4 Å². The molecule has 0 aliphatic carbocycles. The molecule has 0 aliphatic rings. The third-order valence-corrected chi connectivity index (χ3v) is 4.31. The molecule has 0 fully saturated rings. The van der Waals surface area contributed by atoms with Crippen LogP contribution in [0.2, 0.25) is 0 Å². The number of halogens is 1. The van der Waals surface area contributed by atoms with Gasteiger partial charge in [0.05, 0.1) is 6.54 Å². The van der Waals surface area contributed by atoms with Gasteiger partial charge in [-0.15, -0.1) is 22.0 Å². The van der Waals surface area contributed by atoms with Gasteiger partial charge in [-0.3, -0.25) is 0 Å². The smallest absolute Gasteiger partial charge is 0.159 e. The highest BCUT2D eigenvalue weighted by Crippen LogP contribution is 2.18. The van der Waals surface area contributed by atoms with E-state index in [0.717, 1.165) is 15.6 Å². The van der Waals surface area contributed by atoms with Crippen molar-refractivity contribution in [3.05, 3.63) is 58.6 Å². The van der Waals surface area contributed by atoms with Crippen LogP contribution in [-0.4, -0.2) is 26.5 Å². The Balaban J connectivity index is 1.76. The summed E-state index contributed by atoms with van der Waals surface area (Å²) in [4.78, 5) is 2.87. The van der Waals surface area contributed by atoms with E-state index < -0.39 is 0 Å². The minimum Gasteiger partial charge on any atom is -0.159 e. The van der Waals surface area contributed by atoms with Gasteiger partial charge in [0.25, 0.3) is 0 Å². The van der Waals surface area contributed by atoms with E-state index >= 15 is 0 Å². The number of tetrazole rings is 1. The summed E-state index contributed by atoms with van der Waals surface area (Å²) in [5.41, 5.74) is 2.12. The zero-order valence-corrected chi connectivity index (χ0v) is 13.8. The molecule has 0 radical (unpaired) electrons. The lowest BCUT2D eigenvalue weighted by Crippen LogP contribution is -2.03. The molecule has 0 aliphatic heterocycles. The highest BCUT2D eigenvalue weighted by Gasteiger charge is 2.06. The molecule has 4 nitrogen and oxygen atoms in total. The Kier molecular flexibility index (Phi) is 4.36. The first-order chi connectivity index (χ1) is 10.2. The van der Waals surface area contributed by atoms with Crippen LogP contribution in [0.1, 0.15) is 5.56 Å². The zero-order valence-electron chi connectivity index (χ0n) is 11.4. The van der Waals surface area contributed by atoms with Crippen LogP contribution in [0.3, 0.4) is 0 Å². The number of aromatic nitrogens is 4. The Hall–Kier alpha value is -1.66. The van der Waals surface area contributed by atoms with Gasteiger partial charge < -0.3 is 0 Å². The van der Waals surface area contributed by atoms with E-state index in [-0.39, 0.29) is 0 Å². The predicted molar refractivity (Wildman–Crippen MR) is 88.3 cm³/mol. The second kappa shape index (κ2) is 6.41. The lowest BCUT2D eigenvalue weighted by molar-refractivity contribution is 0.572. The summed E-state index contributed by atoms with van der Waals surface area (Å²) in [7, 11) is 0. The van der Waals surface area contributed by atoms with Crippen LogP contribution in [0.5, 0.6) is 0 Å². The Morgan fingerprint density at radius 3 is 2.43 bits per heavy atom. The summed E-state index contributed by atoms with van der Waals surface area (Å²) in [6.45, 7) is 0.623. The van der Waals surface area contributed by atoms with Crippen LogP contribution in [-0.2, 0) is 6.54 Å². The van der Waals surface area contributed by atoms with E-state index in [9.17, 15) is 0 Å². The maximum atomic E-state index is 4.42. The quantitative estimate of drug-likeness (QED) is 0.662. The maximum Gasteiger partial charge on any atom is 0.204 e. The molecule has 0 bridgehead atoms. The zero-order chi connectivity index (χ0) is 14.7. The molecular formula is C15H13BrN4S. The lowest BCUT2D eigenvalue weighted by atomic mass is 10.2. The van der Waals surface area contributed by atoms with E-state index in [1.54, 1.807) is 16.6 Å². The van der Waals surface area contributed by atoms with Crippen molar-refractivity contribution >= 4 is 27.7 Å². The lowest BCUT2D eigenvalue weighted by Gasteiger charge is -2.01. The summed E-state index contributed by atoms with van der Waals surface area (Å²) in [5, 5.41) is 12.6. The summed E-state index contributed by atoms with van der Waals surface area (Å²) >= 11 is 5.15. The van der Waals surface area contributed by atoms with Crippen LogP contribution in [0.25, 0.3) is 11.4 Å². The van der Waals surface area contributed by atoms with Crippen LogP contribution in [0.15, 0.2) is 57.9 Å². The van der Waals surface area contributed by atoms with Gasteiger partial charge >= 0.3 is 0 Å². The molecule has 3 rings (SSSR count). The number of nitrogens with zero attached hydrogens (tertiary/aromatic N) is 4. The van der Waals surface area contributed by atoms with Crippen LogP contribution < -0.4 is 0 Å². The highest BCUT2D eigenvalue weighted by atomic mass is 79.9. The standard InChI is InChI=1S/C15H13BrN4S/c1-21-14-8-2-11(3-9-14)10-20-18-15(17-19-20)12-4-6-13(16)7-5-12/h2-9H,10H2,1H3. The third-order valence-electron chi connectivity index (χ3n) is 3.04. The Morgan fingerprint density at radius 2 is 1.76 bits per heavy atom. The second-order valence-electron chi connectivity index (χ2n) is 4.50. The fourth-order valence-corrected chi connectivity index (χ4v) is 2.59. The molecule has 0 saturated heterocycles. The normalized spacial score (nSPS) is 10.8. The van der Waals surface area contributed by atoms with Crippen molar-refractivity contribution in [2.24, 2.45) is 0 Å². The molecule has 21 heavy (non-hydrogen) atoms. The molecule has 3 aromatic rings. The van der Waals surface area contributed by atoms with Crippen molar-refractivity contribution in [2.75, 3.05) is 6.26 Å². The maximum absolute atomic E-state index is 4.42. The van der Waals surface area contributed by atoms with Gasteiger partial charge in [0.2, 0.25) is 5.82 Å². The molecule has 0 atom stereocenters. The molecule has 6 heteroatoms. The number of hydrogen-bond donors (Lipinski definition) is 0. The molecule has 0 spiro atoms. The van der Waals surface area contributed by atoms with E-state index in [0.29, 0.717) is 12.4 Å². The molecule has 0 unspecified atom stereocenters. The predicted octanol–water partition coefficient (Wildman–Crippen LogP) is 3.87. The van der Waals surface area contributed by atoms with E-state index in [2.05, 4.69) is 61.9 Å². The monoisotopic (exact) mass is 360 g/mol. The van der Waals surface area contributed by atoms with E-state index in [4.69, 9.17) is 0 Å². The van der Waals surface area contributed by atoms with E-state index in [1.807, 2.05) is 24.3 Å². The van der Waals surface area contributed by atoms with Crippen molar-refractivity contribution in [2.45, 2.75) is 11.4 Å². The molecule has 0 N–H and O–H groups in total. The van der Waals surface area contributed by atoms with Crippen molar-refractivity contribution < 1.29 is 0 Å². The summed E-state index contributed by atoms with van der Waals surface area (Å²) in [6, 6.07) is 16.3. The largest absolute Gasteiger partial charge is 0.204 e. The molecule has 106 valence electrons. The first-order valence-electron chi connectivity index (χ1n) is 6.41. The molecule has 1 heterocycles. The average Bonchev–Trinajstić information content (AvgIpc) is 2.97. The Morgan fingerprint density at radius 1 is 1.05 bits per heavy atom. The van der Waals surface area contributed by atoms with E-state index in [1.165, 1.54) is 4.90 Å². The first kappa shape index (κ1) is 14.3. The number of thioether (sulfide) groups is 1. The molecular weight excluding hydrogens is 348 g/mol. The van der Waals surface area contributed by atoms with Crippen molar-refractivity contribution in [1.82, 2.24) is 20.2 Å². The van der Waals surface area contributed by atoms with Gasteiger partial charge in [-0.1, -0.05) is 28.1 Å². The van der Waals surface area contributed by atoms with Gasteiger partial charge in [0, 0.05) is 14.9 Å². The van der Waals surface area contributed by atoms with Crippen LogP contribution >= 0.6 is 27.7 Å². The molecule has 1 aromatic heterocycles. The summed E-state index contributed by atoms with van der Waals surface area (Å²) < 4.78 is 1.03. The van der Waals surface area contributed by atoms with Gasteiger partial charge in [0.1, 0.15) is 0 Å². The minimum atomic E-state index is 0.623. The Bertz CT molecular complexity index is 722. The van der Waals surface area contributed by atoms with Crippen LogP contribution in [0, 0.1) is 0 Å². The second-order valence-corrected chi connectivity index (χ2v) is 6.29.